The Balaban J connectivity index is 2.13. The Kier molecular flexibility index (Phi) is 4.74. The zero-order valence-corrected chi connectivity index (χ0v) is 11.5. The molecule has 2 heterocycles. The van der Waals surface area contributed by atoms with Gasteiger partial charge in [0.25, 0.3) is 0 Å². The van der Waals surface area contributed by atoms with Crippen LogP contribution in [-0.2, 0) is 16.1 Å². The van der Waals surface area contributed by atoms with Gasteiger partial charge in [-0.2, -0.15) is 0 Å². The standard InChI is InChI=1S/C12H18ClN3O2/c1-3-17-8-11-14-10(13)6-12(15-11)16-4-5-18-9(2)7-16/h6,9H,3-5,7-8H2,1-2H3. The molecule has 0 amide bonds. The molecule has 0 saturated carbocycles. The Bertz CT molecular complexity index is 403. The highest BCUT2D eigenvalue weighted by Gasteiger charge is 2.19. The maximum atomic E-state index is 6.02. The van der Waals surface area contributed by atoms with Crippen LogP contribution in [0, 0.1) is 0 Å². The summed E-state index contributed by atoms with van der Waals surface area (Å²) in [4.78, 5) is 10.8. The molecule has 1 aromatic rings. The van der Waals surface area contributed by atoms with Crippen molar-refractivity contribution in [3.8, 4) is 0 Å². The molecule has 5 nitrogen and oxygen atoms in total. The van der Waals surface area contributed by atoms with Crippen LogP contribution in [0.4, 0.5) is 5.82 Å². The van der Waals surface area contributed by atoms with Crippen molar-refractivity contribution in [2.24, 2.45) is 0 Å². The van der Waals surface area contributed by atoms with Crippen molar-refractivity contribution in [3.05, 3.63) is 17.0 Å². The summed E-state index contributed by atoms with van der Waals surface area (Å²) in [5.74, 6) is 1.47. The van der Waals surface area contributed by atoms with E-state index in [1.165, 1.54) is 0 Å². The fraction of sp³-hybridized carbons (Fsp3) is 0.667. The normalized spacial score (nSPS) is 20.2. The third-order valence-electron chi connectivity index (χ3n) is 2.73. The molecule has 0 spiro atoms. The Morgan fingerprint density at radius 2 is 2.39 bits per heavy atom. The van der Waals surface area contributed by atoms with E-state index in [-0.39, 0.29) is 6.10 Å². The highest BCUT2D eigenvalue weighted by Crippen LogP contribution is 2.19. The van der Waals surface area contributed by atoms with Crippen LogP contribution in [0.3, 0.4) is 0 Å². The third kappa shape index (κ3) is 3.54. The lowest BCUT2D eigenvalue weighted by molar-refractivity contribution is 0.0528. The van der Waals surface area contributed by atoms with Gasteiger partial charge in [0, 0.05) is 25.8 Å². The number of nitrogens with zero attached hydrogens (tertiary/aromatic N) is 3. The lowest BCUT2D eigenvalue weighted by atomic mass is 10.3. The number of ether oxygens (including phenoxy) is 2. The van der Waals surface area contributed by atoms with Crippen LogP contribution in [0.5, 0.6) is 0 Å². The lowest BCUT2D eigenvalue weighted by Gasteiger charge is -2.32. The number of hydrogen-bond donors (Lipinski definition) is 0. The molecule has 2 rings (SSSR count). The van der Waals surface area contributed by atoms with Crippen LogP contribution in [0.2, 0.25) is 5.15 Å². The second kappa shape index (κ2) is 6.31. The van der Waals surface area contributed by atoms with E-state index in [0.717, 1.165) is 18.9 Å². The molecule has 1 unspecified atom stereocenters. The summed E-state index contributed by atoms with van der Waals surface area (Å²) in [6.07, 6.45) is 0.211. The molecule has 0 aromatic carbocycles. The first-order valence-electron chi connectivity index (χ1n) is 6.16. The van der Waals surface area contributed by atoms with Gasteiger partial charge in [-0.3, -0.25) is 0 Å². The summed E-state index contributed by atoms with van der Waals surface area (Å²) in [5, 5.41) is 0.453. The minimum atomic E-state index is 0.211. The van der Waals surface area contributed by atoms with Gasteiger partial charge in [0.05, 0.1) is 12.7 Å². The molecule has 18 heavy (non-hydrogen) atoms. The van der Waals surface area contributed by atoms with Gasteiger partial charge in [-0.05, 0) is 13.8 Å². The van der Waals surface area contributed by atoms with Gasteiger partial charge in [-0.25, -0.2) is 9.97 Å². The highest BCUT2D eigenvalue weighted by molar-refractivity contribution is 6.29. The number of morpholine rings is 1. The van der Waals surface area contributed by atoms with Gasteiger partial charge < -0.3 is 14.4 Å². The molecule has 0 aliphatic carbocycles. The van der Waals surface area contributed by atoms with Crippen molar-refractivity contribution in [1.29, 1.82) is 0 Å². The van der Waals surface area contributed by atoms with E-state index in [2.05, 4.69) is 21.8 Å². The Hall–Kier alpha value is -0.910. The SMILES string of the molecule is CCOCc1nc(Cl)cc(N2CCOC(C)C2)n1. The molecular formula is C12H18ClN3O2. The quantitative estimate of drug-likeness (QED) is 0.783. The second-order valence-corrected chi connectivity index (χ2v) is 4.62. The number of anilines is 1. The molecule has 0 radical (unpaired) electrons. The smallest absolute Gasteiger partial charge is 0.158 e. The van der Waals surface area contributed by atoms with Crippen molar-refractivity contribution in [3.63, 3.8) is 0 Å². The molecule has 1 aromatic heterocycles. The second-order valence-electron chi connectivity index (χ2n) is 4.23. The number of aromatic nitrogens is 2. The summed E-state index contributed by atoms with van der Waals surface area (Å²) in [6, 6.07) is 1.79. The molecule has 1 atom stereocenters. The van der Waals surface area contributed by atoms with Crippen molar-refractivity contribution < 1.29 is 9.47 Å². The van der Waals surface area contributed by atoms with Gasteiger partial charge >= 0.3 is 0 Å². The summed E-state index contributed by atoms with van der Waals surface area (Å²) < 4.78 is 10.8. The average molecular weight is 272 g/mol. The Labute approximate surface area is 112 Å². The van der Waals surface area contributed by atoms with Gasteiger partial charge in [-0.1, -0.05) is 11.6 Å². The topological polar surface area (TPSA) is 47.5 Å². The number of halogens is 1. The monoisotopic (exact) mass is 271 g/mol. The van der Waals surface area contributed by atoms with Gasteiger partial charge in [0.2, 0.25) is 0 Å². The molecular weight excluding hydrogens is 254 g/mol. The third-order valence-corrected chi connectivity index (χ3v) is 2.92. The molecule has 1 fully saturated rings. The molecule has 6 heteroatoms. The zero-order valence-electron chi connectivity index (χ0n) is 10.7. The summed E-state index contributed by atoms with van der Waals surface area (Å²) in [6.45, 7) is 7.38. The van der Waals surface area contributed by atoms with E-state index in [1.54, 1.807) is 6.07 Å². The number of hydrogen-bond acceptors (Lipinski definition) is 5. The van der Waals surface area contributed by atoms with Crippen LogP contribution in [0.15, 0.2) is 6.07 Å². The summed E-state index contributed by atoms with van der Waals surface area (Å²) in [7, 11) is 0. The maximum absolute atomic E-state index is 6.02. The van der Waals surface area contributed by atoms with Crippen molar-refractivity contribution >= 4 is 17.4 Å². The van der Waals surface area contributed by atoms with E-state index in [0.29, 0.717) is 30.8 Å². The van der Waals surface area contributed by atoms with Crippen molar-refractivity contribution in [1.82, 2.24) is 9.97 Å². The van der Waals surface area contributed by atoms with Crippen molar-refractivity contribution in [2.75, 3.05) is 31.2 Å². The van der Waals surface area contributed by atoms with Crippen LogP contribution < -0.4 is 4.90 Å². The molecule has 1 aliphatic rings. The number of rotatable bonds is 4. The lowest BCUT2D eigenvalue weighted by Crippen LogP contribution is -2.41. The molecule has 1 saturated heterocycles. The van der Waals surface area contributed by atoms with Crippen LogP contribution in [-0.4, -0.2) is 42.4 Å². The highest BCUT2D eigenvalue weighted by atomic mass is 35.5. The predicted octanol–water partition coefficient (Wildman–Crippen LogP) is 1.89. The van der Waals surface area contributed by atoms with E-state index < -0.39 is 0 Å². The van der Waals surface area contributed by atoms with E-state index >= 15 is 0 Å². The first-order valence-corrected chi connectivity index (χ1v) is 6.54. The van der Waals surface area contributed by atoms with Crippen LogP contribution >= 0.6 is 11.6 Å². The summed E-state index contributed by atoms with van der Waals surface area (Å²) in [5.41, 5.74) is 0. The van der Waals surface area contributed by atoms with E-state index in [4.69, 9.17) is 21.1 Å². The minimum Gasteiger partial charge on any atom is -0.375 e. The largest absolute Gasteiger partial charge is 0.375 e. The molecule has 0 N–H and O–H groups in total. The maximum Gasteiger partial charge on any atom is 0.158 e. The zero-order chi connectivity index (χ0) is 13.0. The summed E-state index contributed by atoms with van der Waals surface area (Å²) >= 11 is 6.02. The van der Waals surface area contributed by atoms with Gasteiger partial charge in [0.1, 0.15) is 17.6 Å². The van der Waals surface area contributed by atoms with Crippen LogP contribution in [0.25, 0.3) is 0 Å². The molecule has 0 bridgehead atoms. The van der Waals surface area contributed by atoms with Crippen molar-refractivity contribution in [2.45, 2.75) is 26.6 Å². The van der Waals surface area contributed by atoms with Crippen LogP contribution in [0.1, 0.15) is 19.7 Å². The fourth-order valence-corrected chi connectivity index (χ4v) is 2.09. The Morgan fingerprint density at radius 3 is 3.11 bits per heavy atom. The first kappa shape index (κ1) is 13.5. The van der Waals surface area contributed by atoms with E-state index in [9.17, 15) is 0 Å². The average Bonchev–Trinajstić information content (AvgIpc) is 2.36. The predicted molar refractivity (Wildman–Crippen MR) is 70.0 cm³/mol. The van der Waals surface area contributed by atoms with E-state index in [1.807, 2.05) is 6.92 Å². The Morgan fingerprint density at radius 1 is 1.56 bits per heavy atom. The van der Waals surface area contributed by atoms with Gasteiger partial charge in [0.15, 0.2) is 5.82 Å². The molecule has 100 valence electrons. The van der Waals surface area contributed by atoms with Gasteiger partial charge in [-0.15, -0.1) is 0 Å². The minimum absolute atomic E-state index is 0.211. The molecule has 1 aliphatic heterocycles. The fourth-order valence-electron chi connectivity index (χ4n) is 1.90. The first-order chi connectivity index (χ1) is 8.69.